The van der Waals surface area contributed by atoms with Gasteiger partial charge >= 0.3 is 0 Å². The molecule has 0 aliphatic heterocycles. The highest BCUT2D eigenvalue weighted by molar-refractivity contribution is 5.34. The summed E-state index contributed by atoms with van der Waals surface area (Å²) in [6.45, 7) is 2.20. The van der Waals surface area contributed by atoms with Crippen LogP contribution in [0.1, 0.15) is 71.1 Å². The second-order valence-electron chi connectivity index (χ2n) is 7.31. The fraction of sp³-hybridized carbons (Fsp3) is 0.889. The van der Waals surface area contributed by atoms with Gasteiger partial charge in [0.2, 0.25) is 12.2 Å². The van der Waals surface area contributed by atoms with E-state index in [2.05, 4.69) is 16.9 Å². The monoisotopic (exact) mass is 319 g/mol. The number of carbonyl (C=O) groups excluding carboxylic acids is 2. The standard InChI is InChI=1S/C18H29N3O2/c1-2-11-18(19,14-3-7-16(8-4-14)20-12-22)15-5-9-17(10-6-15)21-13-23/h14-17H,2-11,19H2,1H3. The molecule has 0 aromatic rings. The van der Waals surface area contributed by atoms with Crippen LogP contribution in [0.2, 0.25) is 0 Å². The van der Waals surface area contributed by atoms with Gasteiger partial charge in [-0.25, -0.2) is 19.6 Å². The zero-order valence-corrected chi connectivity index (χ0v) is 14.2. The van der Waals surface area contributed by atoms with Gasteiger partial charge < -0.3 is 5.73 Å². The number of hydrogen-bond acceptors (Lipinski definition) is 5. The van der Waals surface area contributed by atoms with Crippen molar-refractivity contribution in [1.82, 2.24) is 0 Å². The topological polar surface area (TPSA) is 84.9 Å². The van der Waals surface area contributed by atoms with Gasteiger partial charge in [0.15, 0.2) is 0 Å². The van der Waals surface area contributed by atoms with Crippen LogP contribution in [-0.2, 0) is 9.59 Å². The predicted molar refractivity (Wildman–Crippen MR) is 89.6 cm³/mol. The first-order chi connectivity index (χ1) is 11.1. The summed E-state index contributed by atoms with van der Waals surface area (Å²) in [6.07, 6.45) is 13.6. The van der Waals surface area contributed by atoms with Gasteiger partial charge in [-0.3, -0.25) is 0 Å². The Bertz CT molecular complexity index is 427. The largest absolute Gasteiger partial charge is 0.325 e. The van der Waals surface area contributed by atoms with Gasteiger partial charge in [0.25, 0.3) is 0 Å². The number of rotatable bonds is 6. The number of hydrogen-bond donors (Lipinski definition) is 1. The Balaban J connectivity index is 2.01. The molecular formula is C18H29N3O2. The summed E-state index contributed by atoms with van der Waals surface area (Å²) >= 11 is 0. The van der Waals surface area contributed by atoms with Crippen molar-refractivity contribution in [3.63, 3.8) is 0 Å². The van der Waals surface area contributed by atoms with Gasteiger partial charge in [-0.05, 0) is 69.6 Å². The maximum Gasteiger partial charge on any atom is 0.235 e. The smallest absolute Gasteiger partial charge is 0.235 e. The Morgan fingerprint density at radius 1 is 0.870 bits per heavy atom. The number of aliphatic imine (C=N–C) groups is 2. The molecule has 2 fully saturated rings. The lowest BCUT2D eigenvalue weighted by molar-refractivity contribution is 0.0888. The van der Waals surface area contributed by atoms with Gasteiger partial charge in [0.1, 0.15) is 0 Å². The van der Waals surface area contributed by atoms with Crippen molar-refractivity contribution in [2.45, 2.75) is 88.8 Å². The molecule has 0 heterocycles. The van der Waals surface area contributed by atoms with Gasteiger partial charge in [-0.1, -0.05) is 13.3 Å². The minimum absolute atomic E-state index is 0.125. The number of nitrogens with zero attached hydrogens (tertiary/aromatic N) is 2. The third kappa shape index (κ3) is 4.38. The van der Waals surface area contributed by atoms with Gasteiger partial charge in [-0.15, -0.1) is 0 Å². The lowest BCUT2D eigenvalue weighted by atomic mass is 9.62. The van der Waals surface area contributed by atoms with E-state index < -0.39 is 0 Å². The quantitative estimate of drug-likeness (QED) is 0.602. The van der Waals surface area contributed by atoms with E-state index in [4.69, 9.17) is 5.73 Å². The molecule has 0 amide bonds. The Morgan fingerprint density at radius 3 is 1.57 bits per heavy atom. The van der Waals surface area contributed by atoms with Crippen molar-refractivity contribution in [2.24, 2.45) is 27.6 Å². The fourth-order valence-electron chi connectivity index (χ4n) is 4.81. The van der Waals surface area contributed by atoms with Crippen LogP contribution in [0, 0.1) is 11.8 Å². The van der Waals surface area contributed by atoms with Crippen LogP contribution in [0.25, 0.3) is 0 Å². The van der Waals surface area contributed by atoms with Crippen molar-refractivity contribution in [1.29, 1.82) is 0 Å². The van der Waals surface area contributed by atoms with Gasteiger partial charge in [0, 0.05) is 5.54 Å². The highest BCUT2D eigenvalue weighted by Gasteiger charge is 2.43. The summed E-state index contributed by atoms with van der Waals surface area (Å²) < 4.78 is 0. The molecule has 2 aliphatic rings. The molecule has 0 aromatic carbocycles. The van der Waals surface area contributed by atoms with E-state index in [1.165, 1.54) is 0 Å². The summed E-state index contributed by atoms with van der Waals surface area (Å²) in [5.74, 6) is 1.02. The lowest BCUT2D eigenvalue weighted by Gasteiger charge is -2.48. The summed E-state index contributed by atoms with van der Waals surface area (Å²) in [5, 5.41) is 0. The van der Waals surface area contributed by atoms with Crippen molar-refractivity contribution < 1.29 is 9.59 Å². The van der Waals surface area contributed by atoms with Crippen LogP contribution in [0.15, 0.2) is 9.98 Å². The van der Waals surface area contributed by atoms with E-state index in [-0.39, 0.29) is 17.6 Å². The Kier molecular flexibility index (Phi) is 6.71. The molecule has 5 nitrogen and oxygen atoms in total. The minimum Gasteiger partial charge on any atom is -0.325 e. The normalized spacial score (nSPS) is 33.8. The average Bonchev–Trinajstić information content (AvgIpc) is 2.57. The second-order valence-corrected chi connectivity index (χ2v) is 7.31. The molecule has 0 bridgehead atoms. The number of nitrogens with two attached hydrogens (primary N) is 1. The number of isocyanates is 2. The first kappa shape index (κ1) is 18.1. The van der Waals surface area contributed by atoms with Crippen molar-refractivity contribution in [3.05, 3.63) is 0 Å². The molecule has 0 spiro atoms. The molecule has 2 saturated carbocycles. The molecule has 0 atom stereocenters. The lowest BCUT2D eigenvalue weighted by Crippen LogP contribution is -2.55. The SMILES string of the molecule is CCCC(N)(C1CCC(N=C=O)CC1)C1CCC(N=C=O)CC1. The van der Waals surface area contributed by atoms with E-state index in [1.807, 2.05) is 0 Å². The zero-order valence-electron chi connectivity index (χ0n) is 14.2. The van der Waals surface area contributed by atoms with E-state index >= 15 is 0 Å². The Morgan fingerprint density at radius 2 is 1.26 bits per heavy atom. The van der Waals surface area contributed by atoms with Crippen LogP contribution in [0.4, 0.5) is 0 Å². The van der Waals surface area contributed by atoms with Crippen molar-refractivity contribution in [3.8, 4) is 0 Å². The van der Waals surface area contributed by atoms with E-state index in [1.54, 1.807) is 12.2 Å². The molecule has 2 N–H and O–H groups in total. The first-order valence-corrected chi connectivity index (χ1v) is 9.06. The molecule has 0 radical (unpaired) electrons. The highest BCUT2D eigenvalue weighted by Crippen LogP contribution is 2.44. The van der Waals surface area contributed by atoms with Crippen LogP contribution in [0.5, 0.6) is 0 Å². The summed E-state index contributed by atoms with van der Waals surface area (Å²) in [4.78, 5) is 28.7. The average molecular weight is 319 g/mol. The van der Waals surface area contributed by atoms with E-state index in [9.17, 15) is 9.59 Å². The maximum atomic E-state index is 10.4. The minimum atomic E-state index is -0.125. The van der Waals surface area contributed by atoms with Crippen LogP contribution < -0.4 is 5.73 Å². The summed E-state index contributed by atoms with van der Waals surface area (Å²) in [7, 11) is 0. The maximum absolute atomic E-state index is 10.4. The molecule has 0 aromatic heterocycles. The predicted octanol–water partition coefficient (Wildman–Crippen LogP) is 3.27. The molecule has 2 rings (SSSR count). The van der Waals surface area contributed by atoms with Crippen LogP contribution in [-0.4, -0.2) is 29.8 Å². The zero-order chi connectivity index (χ0) is 16.7. The van der Waals surface area contributed by atoms with Gasteiger partial charge in [-0.2, -0.15) is 0 Å². The van der Waals surface area contributed by atoms with Crippen LogP contribution >= 0.6 is 0 Å². The fourth-order valence-corrected chi connectivity index (χ4v) is 4.81. The third-order valence-corrected chi connectivity index (χ3v) is 6.07. The molecule has 2 aliphatic carbocycles. The summed E-state index contributed by atoms with van der Waals surface area (Å²) in [5.41, 5.74) is 6.86. The molecule has 0 unspecified atom stereocenters. The highest BCUT2D eigenvalue weighted by atomic mass is 16.1. The van der Waals surface area contributed by atoms with Crippen LogP contribution in [0.3, 0.4) is 0 Å². The Labute approximate surface area is 138 Å². The van der Waals surface area contributed by atoms with Crippen molar-refractivity contribution >= 4 is 12.2 Å². The third-order valence-electron chi connectivity index (χ3n) is 6.07. The second kappa shape index (κ2) is 8.54. The van der Waals surface area contributed by atoms with Gasteiger partial charge in [0.05, 0.1) is 12.1 Å². The van der Waals surface area contributed by atoms with E-state index in [0.29, 0.717) is 11.8 Å². The first-order valence-electron chi connectivity index (χ1n) is 9.06. The molecular weight excluding hydrogens is 290 g/mol. The van der Waals surface area contributed by atoms with Crippen molar-refractivity contribution in [2.75, 3.05) is 0 Å². The molecule has 128 valence electrons. The summed E-state index contributed by atoms with van der Waals surface area (Å²) in [6, 6.07) is 0.291. The Hall–Kier alpha value is -1.28. The molecule has 5 heteroatoms. The molecule has 23 heavy (non-hydrogen) atoms. The molecule has 0 saturated heterocycles. The van der Waals surface area contributed by atoms with E-state index in [0.717, 1.165) is 64.2 Å².